The zero-order chi connectivity index (χ0) is 31.9. The summed E-state index contributed by atoms with van der Waals surface area (Å²) in [6.07, 6.45) is 9.79. The summed E-state index contributed by atoms with van der Waals surface area (Å²) in [5.41, 5.74) is 8.62. The number of hydrogen-bond acceptors (Lipinski definition) is 2. The lowest BCUT2D eigenvalue weighted by atomic mass is 9.97. The quantitative estimate of drug-likeness (QED) is 0.146. The molecule has 2 nitrogen and oxygen atoms in total. The first kappa shape index (κ1) is 31.3. The molecule has 0 bridgehead atoms. The minimum Gasteiger partial charge on any atom is -0.350 e. The van der Waals surface area contributed by atoms with Crippen LogP contribution in [0.25, 0.3) is 32.9 Å². The molecule has 230 valence electrons. The van der Waals surface area contributed by atoms with Crippen molar-refractivity contribution in [2.75, 3.05) is 11.1 Å². The van der Waals surface area contributed by atoms with Gasteiger partial charge in [-0.15, -0.1) is 18.3 Å². The van der Waals surface area contributed by atoms with Crippen LogP contribution in [0.3, 0.4) is 0 Å². The molecule has 1 unspecified atom stereocenters. The van der Waals surface area contributed by atoms with Gasteiger partial charge in [-0.3, -0.25) is 0 Å². The van der Waals surface area contributed by atoms with Gasteiger partial charge in [0.15, 0.2) is 0 Å². The molecule has 6 aromatic rings. The average molecular weight is 619 g/mol. The zero-order valence-electron chi connectivity index (χ0n) is 27.0. The summed E-state index contributed by atoms with van der Waals surface area (Å²) in [5.74, 6) is 0.972. The van der Waals surface area contributed by atoms with E-state index in [2.05, 4.69) is 183 Å². The van der Waals surface area contributed by atoms with Crippen molar-refractivity contribution in [3.63, 3.8) is 0 Å². The highest BCUT2D eigenvalue weighted by molar-refractivity contribution is 8.03. The molecule has 0 spiro atoms. The molecule has 1 N–H and O–H groups in total. The SMILES string of the molecule is C=CCS/C(=C/C(/C=C\Cc1ccccc1)c1ccccc1)Nc1ccc(-c2ccc3c(c2)c2ccccc2n3C(C)(C)C)cc1. The summed E-state index contributed by atoms with van der Waals surface area (Å²) in [6, 6.07) is 45.8. The number of hydrogen-bond donors (Lipinski definition) is 1. The van der Waals surface area contributed by atoms with Gasteiger partial charge in [0.25, 0.3) is 0 Å². The molecule has 46 heavy (non-hydrogen) atoms. The monoisotopic (exact) mass is 618 g/mol. The average Bonchev–Trinajstić information content (AvgIpc) is 3.42. The first-order chi connectivity index (χ1) is 22.4. The van der Waals surface area contributed by atoms with Gasteiger partial charge < -0.3 is 9.88 Å². The van der Waals surface area contributed by atoms with Gasteiger partial charge in [0.2, 0.25) is 0 Å². The Morgan fingerprint density at radius 1 is 0.761 bits per heavy atom. The van der Waals surface area contributed by atoms with Gasteiger partial charge in [-0.2, -0.15) is 0 Å². The van der Waals surface area contributed by atoms with Crippen molar-refractivity contribution in [3.8, 4) is 11.1 Å². The Kier molecular flexibility index (Phi) is 9.61. The van der Waals surface area contributed by atoms with Gasteiger partial charge in [0, 0.05) is 44.7 Å². The van der Waals surface area contributed by atoms with Gasteiger partial charge in [-0.05, 0) is 85.9 Å². The Hall–Kier alpha value is -4.73. The molecule has 5 aromatic carbocycles. The fraction of sp³-hybridized carbons (Fsp3) is 0.163. The topological polar surface area (TPSA) is 17.0 Å². The van der Waals surface area contributed by atoms with Crippen LogP contribution < -0.4 is 5.32 Å². The van der Waals surface area contributed by atoms with E-state index in [1.807, 2.05) is 6.08 Å². The van der Waals surface area contributed by atoms with Gasteiger partial charge in [0.1, 0.15) is 0 Å². The Morgan fingerprint density at radius 3 is 2.13 bits per heavy atom. The van der Waals surface area contributed by atoms with E-state index in [9.17, 15) is 0 Å². The molecule has 0 aliphatic rings. The Balaban J connectivity index is 1.27. The van der Waals surface area contributed by atoms with Gasteiger partial charge in [0.05, 0.1) is 5.03 Å². The molecule has 3 heteroatoms. The Morgan fingerprint density at radius 2 is 1.41 bits per heavy atom. The first-order valence-electron chi connectivity index (χ1n) is 16.0. The summed E-state index contributed by atoms with van der Waals surface area (Å²) in [7, 11) is 0. The number of aromatic nitrogens is 1. The number of anilines is 1. The van der Waals surface area contributed by atoms with Crippen LogP contribution in [-0.2, 0) is 12.0 Å². The zero-order valence-corrected chi connectivity index (χ0v) is 27.8. The number of para-hydroxylation sites is 1. The fourth-order valence-corrected chi connectivity index (χ4v) is 6.83. The van der Waals surface area contributed by atoms with Crippen molar-refractivity contribution < 1.29 is 0 Å². The van der Waals surface area contributed by atoms with E-state index in [-0.39, 0.29) is 11.5 Å². The van der Waals surface area contributed by atoms with E-state index < -0.39 is 0 Å². The summed E-state index contributed by atoms with van der Waals surface area (Å²) in [4.78, 5) is 0. The van der Waals surface area contributed by atoms with Crippen LogP contribution in [0.2, 0.25) is 0 Å². The molecular formula is C43H42N2S. The van der Waals surface area contributed by atoms with Crippen molar-refractivity contribution in [2.45, 2.75) is 38.6 Å². The smallest absolute Gasteiger partial charge is 0.0697 e. The molecule has 1 atom stereocenters. The summed E-state index contributed by atoms with van der Waals surface area (Å²) >= 11 is 1.77. The molecule has 0 radical (unpaired) electrons. The highest BCUT2D eigenvalue weighted by Gasteiger charge is 2.20. The highest BCUT2D eigenvalue weighted by atomic mass is 32.2. The van der Waals surface area contributed by atoms with Crippen LogP contribution in [0.5, 0.6) is 0 Å². The number of fused-ring (bicyclic) bond motifs is 3. The van der Waals surface area contributed by atoms with Crippen LogP contribution in [0.15, 0.2) is 163 Å². The van der Waals surface area contributed by atoms with E-state index in [1.165, 1.54) is 44.1 Å². The predicted octanol–water partition coefficient (Wildman–Crippen LogP) is 12.0. The summed E-state index contributed by atoms with van der Waals surface area (Å²) in [6.45, 7) is 10.8. The third-order valence-corrected chi connectivity index (χ3v) is 9.19. The summed E-state index contributed by atoms with van der Waals surface area (Å²) < 4.78 is 2.46. The van der Waals surface area contributed by atoms with E-state index in [1.54, 1.807) is 11.8 Å². The Labute approximate surface area is 278 Å². The van der Waals surface area contributed by atoms with Gasteiger partial charge >= 0.3 is 0 Å². The van der Waals surface area contributed by atoms with Crippen LogP contribution in [0.4, 0.5) is 5.69 Å². The van der Waals surface area contributed by atoms with Crippen LogP contribution in [-0.4, -0.2) is 10.3 Å². The molecule has 1 aromatic heterocycles. The van der Waals surface area contributed by atoms with E-state index in [4.69, 9.17) is 0 Å². The predicted molar refractivity (Wildman–Crippen MR) is 203 cm³/mol. The lowest BCUT2D eigenvalue weighted by molar-refractivity contribution is 0.423. The van der Waals surface area contributed by atoms with Crippen LogP contribution >= 0.6 is 11.8 Å². The van der Waals surface area contributed by atoms with Crippen molar-refractivity contribution in [1.82, 2.24) is 4.57 Å². The second-order valence-corrected chi connectivity index (χ2v) is 13.7. The van der Waals surface area contributed by atoms with E-state index >= 15 is 0 Å². The number of rotatable bonds is 11. The number of allylic oxidation sites excluding steroid dienone is 3. The lowest BCUT2D eigenvalue weighted by Gasteiger charge is -2.24. The minimum absolute atomic E-state index is 0.0117. The van der Waals surface area contributed by atoms with E-state index in [0.29, 0.717) is 0 Å². The molecule has 0 aliphatic carbocycles. The molecule has 0 amide bonds. The maximum atomic E-state index is 3.97. The Bertz CT molecular complexity index is 1970. The normalized spacial score (nSPS) is 13.0. The number of nitrogens with zero attached hydrogens (tertiary/aromatic N) is 1. The standard InChI is InChI=1S/C43H42N2S/c1-5-29-46-42(31-35(33-18-10-7-11-19-33)20-14-17-32-15-8-6-9-16-32)44-37-26-23-34(24-27-37)36-25-28-41-39(30-36)38-21-12-13-22-40(38)45(41)43(2,3)4/h5-16,18-28,30-31,35,44H,1,17,29H2,2-4H3/b20-14-,42-31+. The molecule has 0 aliphatic heterocycles. The highest BCUT2D eigenvalue weighted by Crippen LogP contribution is 2.37. The molecular weight excluding hydrogens is 577 g/mol. The molecule has 0 saturated heterocycles. The molecule has 0 fully saturated rings. The third-order valence-electron chi connectivity index (χ3n) is 8.24. The minimum atomic E-state index is -0.0117. The maximum Gasteiger partial charge on any atom is 0.0697 e. The van der Waals surface area contributed by atoms with Crippen LogP contribution in [0, 0.1) is 0 Å². The molecule has 0 saturated carbocycles. The van der Waals surface area contributed by atoms with Crippen LogP contribution in [0.1, 0.15) is 37.8 Å². The van der Waals surface area contributed by atoms with Gasteiger partial charge in [-0.1, -0.05) is 115 Å². The molecule has 6 rings (SSSR count). The second kappa shape index (κ2) is 14.1. The first-order valence-corrected chi connectivity index (χ1v) is 17.0. The van der Waals surface area contributed by atoms with Gasteiger partial charge in [-0.25, -0.2) is 0 Å². The number of thioether (sulfide) groups is 1. The van der Waals surface area contributed by atoms with Crippen molar-refractivity contribution in [1.29, 1.82) is 0 Å². The lowest BCUT2D eigenvalue weighted by Crippen LogP contribution is -2.21. The maximum absolute atomic E-state index is 3.97. The van der Waals surface area contributed by atoms with Crippen molar-refractivity contribution in [3.05, 3.63) is 174 Å². The van der Waals surface area contributed by atoms with E-state index in [0.717, 1.165) is 22.9 Å². The number of benzene rings is 5. The third kappa shape index (κ3) is 7.22. The largest absolute Gasteiger partial charge is 0.350 e. The summed E-state index contributed by atoms with van der Waals surface area (Å²) in [5, 5.41) is 7.42. The van der Waals surface area contributed by atoms with Crippen molar-refractivity contribution >= 4 is 39.3 Å². The van der Waals surface area contributed by atoms with Crippen molar-refractivity contribution in [2.24, 2.45) is 0 Å². The molecule has 1 heterocycles. The fourth-order valence-electron chi connectivity index (χ4n) is 6.10. The number of nitrogens with one attached hydrogen (secondary N) is 1. The second-order valence-electron chi connectivity index (χ2n) is 12.6.